The normalized spacial score (nSPS) is 36.1. The second-order valence-electron chi connectivity index (χ2n) is 13.9. The zero-order valence-corrected chi connectivity index (χ0v) is 23.9. The van der Waals surface area contributed by atoms with Gasteiger partial charge in [-0.15, -0.1) is 0 Å². The number of hydrogen-bond acceptors (Lipinski definition) is 3. The summed E-state index contributed by atoms with van der Waals surface area (Å²) in [5.41, 5.74) is 3.46. The lowest BCUT2D eigenvalue weighted by atomic mass is 9.50. The van der Waals surface area contributed by atoms with E-state index in [-0.39, 0.29) is 22.9 Å². The Morgan fingerprint density at radius 3 is 2.51 bits per heavy atom. The molecule has 3 nitrogen and oxygen atoms in total. The molecule has 7 atom stereocenters. The molecule has 0 saturated heterocycles. The molecule has 0 bridgehead atoms. The Morgan fingerprint density at radius 1 is 1.03 bits per heavy atom. The summed E-state index contributed by atoms with van der Waals surface area (Å²) in [5.74, 6) is 3.39. The molecular weight excluding hydrogens is 456 g/mol. The van der Waals surface area contributed by atoms with Crippen molar-refractivity contribution < 1.29 is 14.3 Å². The molecule has 0 spiro atoms. The van der Waals surface area contributed by atoms with Crippen LogP contribution < -0.4 is 0 Å². The molecule has 4 aliphatic rings. The second-order valence-corrected chi connectivity index (χ2v) is 13.9. The van der Waals surface area contributed by atoms with Gasteiger partial charge in [-0.25, -0.2) is 4.79 Å². The molecular formula is C34H48O3. The summed E-state index contributed by atoms with van der Waals surface area (Å²) in [6.07, 6.45) is 12.1. The van der Waals surface area contributed by atoms with Crippen LogP contribution in [-0.4, -0.2) is 17.9 Å². The quantitative estimate of drug-likeness (QED) is 0.349. The van der Waals surface area contributed by atoms with Crippen LogP contribution in [-0.2, 0) is 9.53 Å². The van der Waals surface area contributed by atoms with E-state index in [2.05, 4.69) is 34.6 Å². The number of carbonyl (C=O) groups is 2. The Balaban J connectivity index is 1.31. The topological polar surface area (TPSA) is 43.4 Å². The number of ketones is 1. The fraction of sp³-hybridized carbons (Fsp3) is 0.706. The van der Waals surface area contributed by atoms with E-state index in [0.717, 1.165) is 44.4 Å². The summed E-state index contributed by atoms with van der Waals surface area (Å²) in [5, 5.41) is 0. The van der Waals surface area contributed by atoms with Gasteiger partial charge >= 0.3 is 5.97 Å². The highest BCUT2D eigenvalue weighted by Crippen LogP contribution is 2.65. The number of allylic oxidation sites excluding steroid dienone is 2. The van der Waals surface area contributed by atoms with Gasteiger partial charge in [-0.2, -0.15) is 0 Å². The van der Waals surface area contributed by atoms with Crippen molar-refractivity contribution in [2.75, 3.05) is 0 Å². The summed E-state index contributed by atoms with van der Waals surface area (Å²) in [4.78, 5) is 26.7. The average molecular weight is 505 g/mol. The predicted molar refractivity (Wildman–Crippen MR) is 149 cm³/mol. The first-order valence-corrected chi connectivity index (χ1v) is 15.2. The van der Waals surface area contributed by atoms with E-state index in [9.17, 15) is 9.59 Å². The molecule has 0 amide bonds. The van der Waals surface area contributed by atoms with Crippen molar-refractivity contribution >= 4 is 11.8 Å². The van der Waals surface area contributed by atoms with Crippen molar-refractivity contribution in [3.63, 3.8) is 0 Å². The Kier molecular flexibility index (Phi) is 7.46. The van der Waals surface area contributed by atoms with E-state index in [0.29, 0.717) is 35.0 Å². The molecule has 1 aromatic rings. The molecule has 202 valence electrons. The van der Waals surface area contributed by atoms with Crippen molar-refractivity contribution in [3.05, 3.63) is 47.0 Å². The fourth-order valence-corrected chi connectivity index (χ4v) is 9.20. The zero-order chi connectivity index (χ0) is 26.4. The standard InChI is InChI=1S/C34H48O3/c1-22(2)10-9-11-23(3)28-16-17-29-27-15-14-25-20-26(37-32(36)24-12-7-6-8-13-24)18-19-33(25,4)31(27)30(35)21-34(28,29)5/h6-8,12-13,22-23,25-26,28-29H,9-11,14-21H2,1-5H3/t23-,25+,26+,28-,29?,33+,34-/m1/s1. The van der Waals surface area contributed by atoms with Crippen LogP contribution in [0.4, 0.5) is 0 Å². The first-order chi connectivity index (χ1) is 17.6. The monoisotopic (exact) mass is 504 g/mol. The average Bonchev–Trinajstić information content (AvgIpc) is 3.20. The Hall–Kier alpha value is -1.90. The Morgan fingerprint density at radius 2 is 1.78 bits per heavy atom. The van der Waals surface area contributed by atoms with Crippen molar-refractivity contribution in [2.24, 2.45) is 40.4 Å². The van der Waals surface area contributed by atoms with Gasteiger partial charge in [0, 0.05) is 12.0 Å². The second kappa shape index (κ2) is 10.3. The van der Waals surface area contributed by atoms with Gasteiger partial charge in [-0.1, -0.05) is 77.7 Å². The lowest BCUT2D eigenvalue weighted by Gasteiger charge is -2.54. The van der Waals surface area contributed by atoms with E-state index in [1.165, 1.54) is 43.3 Å². The summed E-state index contributed by atoms with van der Waals surface area (Å²) < 4.78 is 5.97. The molecule has 0 heterocycles. The van der Waals surface area contributed by atoms with Crippen molar-refractivity contribution in [1.82, 2.24) is 0 Å². The maximum atomic E-state index is 14.0. The number of fused-ring (bicyclic) bond motifs is 4. The van der Waals surface area contributed by atoms with Gasteiger partial charge in [0.1, 0.15) is 6.10 Å². The highest BCUT2D eigenvalue weighted by molar-refractivity contribution is 5.99. The summed E-state index contributed by atoms with van der Waals surface area (Å²) >= 11 is 0. The van der Waals surface area contributed by atoms with Crippen LogP contribution in [0.15, 0.2) is 41.5 Å². The zero-order valence-electron chi connectivity index (χ0n) is 23.9. The van der Waals surface area contributed by atoms with Crippen LogP contribution in [0.5, 0.6) is 0 Å². The van der Waals surface area contributed by atoms with E-state index < -0.39 is 0 Å². The van der Waals surface area contributed by atoms with Gasteiger partial charge in [-0.3, -0.25) is 4.79 Å². The molecule has 0 N–H and O–H groups in total. The third-order valence-electron chi connectivity index (χ3n) is 11.1. The van der Waals surface area contributed by atoms with Crippen LogP contribution in [0.3, 0.4) is 0 Å². The van der Waals surface area contributed by atoms with Crippen LogP contribution in [0.2, 0.25) is 0 Å². The molecule has 3 heteroatoms. The SMILES string of the molecule is CC(C)CCC[C@@H](C)[C@H]1CCC2C3=C(C(=O)C[C@@]21C)[C@@]1(C)CC[C@H](OC(=O)c2ccccc2)C[C@@H]1CC3. The highest BCUT2D eigenvalue weighted by atomic mass is 16.5. The number of hydrogen-bond donors (Lipinski definition) is 0. The van der Waals surface area contributed by atoms with Crippen molar-refractivity contribution in [1.29, 1.82) is 0 Å². The molecule has 1 aromatic carbocycles. The first-order valence-electron chi connectivity index (χ1n) is 15.2. The minimum absolute atomic E-state index is 0.0422. The predicted octanol–water partition coefficient (Wildman–Crippen LogP) is 8.58. The molecule has 1 unspecified atom stereocenters. The molecule has 2 saturated carbocycles. The maximum Gasteiger partial charge on any atom is 0.338 e. The number of benzene rings is 1. The molecule has 0 aromatic heterocycles. The first kappa shape index (κ1) is 26.7. The summed E-state index contributed by atoms with van der Waals surface area (Å²) in [6.45, 7) is 11.9. The van der Waals surface area contributed by atoms with Crippen LogP contribution in [0, 0.1) is 40.4 Å². The molecule has 0 radical (unpaired) electrons. The molecule has 5 rings (SSSR count). The lowest BCUT2D eigenvalue weighted by Crippen LogP contribution is -2.49. The smallest absolute Gasteiger partial charge is 0.338 e. The van der Waals surface area contributed by atoms with Crippen molar-refractivity contribution in [3.8, 4) is 0 Å². The van der Waals surface area contributed by atoms with E-state index in [4.69, 9.17) is 4.74 Å². The third-order valence-corrected chi connectivity index (χ3v) is 11.1. The van der Waals surface area contributed by atoms with Crippen molar-refractivity contribution in [2.45, 2.75) is 111 Å². The van der Waals surface area contributed by atoms with Crippen LogP contribution in [0.25, 0.3) is 0 Å². The van der Waals surface area contributed by atoms with Gasteiger partial charge in [-0.05, 0) is 97.5 Å². The van der Waals surface area contributed by atoms with Crippen LogP contribution in [0.1, 0.15) is 116 Å². The molecule has 37 heavy (non-hydrogen) atoms. The molecule has 0 aliphatic heterocycles. The van der Waals surface area contributed by atoms with Gasteiger partial charge in [0.15, 0.2) is 5.78 Å². The number of esters is 1. The molecule has 4 aliphatic carbocycles. The van der Waals surface area contributed by atoms with Gasteiger partial charge in [0.05, 0.1) is 5.56 Å². The van der Waals surface area contributed by atoms with E-state index in [1.807, 2.05) is 30.3 Å². The number of ether oxygens (including phenoxy) is 1. The van der Waals surface area contributed by atoms with Gasteiger partial charge < -0.3 is 4.74 Å². The van der Waals surface area contributed by atoms with Crippen LogP contribution >= 0.6 is 0 Å². The number of carbonyl (C=O) groups excluding carboxylic acids is 2. The largest absolute Gasteiger partial charge is 0.459 e. The highest BCUT2D eigenvalue weighted by Gasteiger charge is 2.58. The third kappa shape index (κ3) is 4.85. The minimum Gasteiger partial charge on any atom is -0.459 e. The Labute approximate surface area is 224 Å². The summed E-state index contributed by atoms with van der Waals surface area (Å²) in [7, 11) is 0. The number of rotatable bonds is 7. The summed E-state index contributed by atoms with van der Waals surface area (Å²) in [6, 6.07) is 9.33. The van der Waals surface area contributed by atoms with Gasteiger partial charge in [0.25, 0.3) is 0 Å². The van der Waals surface area contributed by atoms with E-state index >= 15 is 0 Å². The minimum atomic E-state index is -0.214. The fourth-order valence-electron chi connectivity index (χ4n) is 9.20. The Bertz CT molecular complexity index is 1040. The number of Topliss-reactive ketones (excluding diaryl/α,β-unsaturated/α-hetero) is 1. The van der Waals surface area contributed by atoms with E-state index in [1.54, 1.807) is 0 Å². The molecule has 2 fully saturated rings. The maximum absolute atomic E-state index is 14.0. The van der Waals surface area contributed by atoms with Gasteiger partial charge in [0.2, 0.25) is 0 Å². The lowest BCUT2D eigenvalue weighted by molar-refractivity contribution is -0.123.